The molecule has 1 aliphatic rings. The van der Waals surface area contributed by atoms with Gasteiger partial charge in [0.05, 0.1) is 11.3 Å². The van der Waals surface area contributed by atoms with E-state index in [0.29, 0.717) is 32.4 Å². The van der Waals surface area contributed by atoms with Crippen molar-refractivity contribution in [1.82, 2.24) is 14.6 Å². The molecule has 2 aromatic carbocycles. The minimum Gasteiger partial charge on any atom is -0.361 e. The fraction of sp³-hybridized carbons (Fsp3) is 0.286. The van der Waals surface area contributed by atoms with E-state index in [1.165, 1.54) is 0 Å². The maximum Gasteiger partial charge on any atom is 0.240 e. The van der Waals surface area contributed by atoms with Crippen LogP contribution >= 0.6 is 0 Å². The van der Waals surface area contributed by atoms with E-state index in [4.69, 9.17) is 0 Å². The van der Waals surface area contributed by atoms with Crippen molar-refractivity contribution in [2.24, 2.45) is 0 Å². The Morgan fingerprint density at radius 1 is 1.04 bits per heavy atom. The summed E-state index contributed by atoms with van der Waals surface area (Å²) in [7, 11) is -3.52. The van der Waals surface area contributed by atoms with E-state index in [1.54, 1.807) is 30.3 Å². The molecule has 6 nitrogen and oxygen atoms in total. The number of nitrogens with one attached hydrogen (secondary N) is 2. The van der Waals surface area contributed by atoms with Crippen LogP contribution in [0.2, 0.25) is 0 Å². The second-order valence-corrected chi connectivity index (χ2v) is 8.84. The molecule has 28 heavy (non-hydrogen) atoms. The molecule has 146 valence electrons. The Kier molecular flexibility index (Phi) is 5.19. The Labute approximate surface area is 164 Å². The zero-order chi connectivity index (χ0) is 19.6. The summed E-state index contributed by atoms with van der Waals surface area (Å²) in [5.74, 6) is 0.0779. The van der Waals surface area contributed by atoms with Gasteiger partial charge >= 0.3 is 0 Å². The predicted octanol–water partition coefficient (Wildman–Crippen LogP) is 2.68. The number of benzene rings is 2. The molecule has 0 saturated carbocycles. The highest BCUT2D eigenvalue weighted by atomic mass is 32.2. The molecule has 1 aromatic heterocycles. The summed E-state index contributed by atoms with van der Waals surface area (Å²) in [5.41, 5.74) is 2.02. The predicted molar refractivity (Wildman–Crippen MR) is 108 cm³/mol. The van der Waals surface area contributed by atoms with Crippen LogP contribution in [0.5, 0.6) is 0 Å². The van der Waals surface area contributed by atoms with Crippen LogP contribution in [0.25, 0.3) is 10.9 Å². The first-order chi connectivity index (χ1) is 13.5. The fourth-order valence-electron chi connectivity index (χ4n) is 3.69. The fourth-order valence-corrected chi connectivity index (χ4v) is 5.01. The summed E-state index contributed by atoms with van der Waals surface area (Å²) < 4.78 is 27.7. The first-order valence-electron chi connectivity index (χ1n) is 9.43. The molecule has 1 amide bonds. The van der Waals surface area contributed by atoms with E-state index in [1.807, 2.05) is 35.4 Å². The van der Waals surface area contributed by atoms with E-state index in [0.717, 1.165) is 16.5 Å². The van der Waals surface area contributed by atoms with Gasteiger partial charge in [0.2, 0.25) is 15.9 Å². The van der Waals surface area contributed by atoms with Crippen molar-refractivity contribution in [3.05, 3.63) is 66.4 Å². The lowest BCUT2D eigenvalue weighted by atomic mass is 10.0. The second kappa shape index (κ2) is 7.77. The van der Waals surface area contributed by atoms with Gasteiger partial charge in [0.1, 0.15) is 0 Å². The summed E-state index contributed by atoms with van der Waals surface area (Å²) in [6.07, 6.45) is 3.48. The molecule has 1 aliphatic heterocycles. The largest absolute Gasteiger partial charge is 0.361 e. The van der Waals surface area contributed by atoms with Crippen molar-refractivity contribution in [3.63, 3.8) is 0 Å². The molecule has 3 aromatic rings. The first kappa shape index (κ1) is 18.7. The molecule has 0 unspecified atom stereocenters. The maximum absolute atomic E-state index is 12.7. The molecule has 1 fully saturated rings. The van der Waals surface area contributed by atoms with E-state index in [9.17, 15) is 13.2 Å². The highest BCUT2D eigenvalue weighted by Crippen LogP contribution is 2.20. The van der Waals surface area contributed by atoms with Crippen molar-refractivity contribution in [3.8, 4) is 0 Å². The van der Waals surface area contributed by atoms with Crippen LogP contribution in [-0.4, -0.2) is 43.3 Å². The van der Waals surface area contributed by atoms with Crippen LogP contribution in [0.3, 0.4) is 0 Å². The van der Waals surface area contributed by atoms with Crippen molar-refractivity contribution in [2.45, 2.75) is 30.2 Å². The third-order valence-electron chi connectivity index (χ3n) is 5.24. The number of H-pyrrole nitrogens is 1. The number of para-hydroxylation sites is 1. The van der Waals surface area contributed by atoms with Crippen molar-refractivity contribution in [1.29, 1.82) is 0 Å². The summed E-state index contributed by atoms with van der Waals surface area (Å²) in [6, 6.07) is 16.2. The number of piperidine rings is 1. The average Bonchev–Trinajstić information content (AvgIpc) is 3.12. The van der Waals surface area contributed by atoms with Crippen LogP contribution in [0.15, 0.2) is 65.7 Å². The molecule has 0 aliphatic carbocycles. The van der Waals surface area contributed by atoms with Gasteiger partial charge in [-0.05, 0) is 36.6 Å². The normalized spacial score (nSPS) is 15.8. The van der Waals surface area contributed by atoms with Gasteiger partial charge in [0.15, 0.2) is 0 Å². The highest BCUT2D eigenvalue weighted by Gasteiger charge is 2.26. The molecule has 2 heterocycles. The van der Waals surface area contributed by atoms with Gasteiger partial charge in [-0.25, -0.2) is 13.1 Å². The third-order valence-corrected chi connectivity index (χ3v) is 6.78. The van der Waals surface area contributed by atoms with E-state index in [2.05, 4.69) is 9.71 Å². The summed E-state index contributed by atoms with van der Waals surface area (Å²) >= 11 is 0. The number of hydrogen-bond donors (Lipinski definition) is 2. The third kappa shape index (κ3) is 3.95. The Balaban J connectivity index is 1.34. The summed E-state index contributed by atoms with van der Waals surface area (Å²) in [4.78, 5) is 18.0. The molecular weight excluding hydrogens is 374 g/mol. The topological polar surface area (TPSA) is 82.3 Å². The number of hydrogen-bond acceptors (Lipinski definition) is 3. The molecule has 0 spiro atoms. The van der Waals surface area contributed by atoms with Gasteiger partial charge < -0.3 is 9.88 Å². The molecule has 4 rings (SSSR count). The molecule has 0 radical (unpaired) electrons. The number of rotatable bonds is 5. The van der Waals surface area contributed by atoms with Crippen molar-refractivity contribution < 1.29 is 13.2 Å². The number of carbonyl (C=O) groups is 1. The standard InChI is InChI=1S/C21H23N3O3S/c25-21(14-16-15-22-20-9-5-4-8-19(16)20)24-12-10-17(11-13-24)23-28(26,27)18-6-2-1-3-7-18/h1-9,15,17,22-23H,10-14H2. The lowest BCUT2D eigenvalue weighted by molar-refractivity contribution is -0.131. The van der Waals surface area contributed by atoms with Crippen LogP contribution in [0, 0.1) is 0 Å². The van der Waals surface area contributed by atoms with Crippen molar-refractivity contribution in [2.75, 3.05) is 13.1 Å². The van der Waals surface area contributed by atoms with Gasteiger partial charge in [-0.2, -0.15) is 0 Å². The Morgan fingerprint density at radius 3 is 2.46 bits per heavy atom. The van der Waals surface area contributed by atoms with Gasteiger partial charge in [-0.3, -0.25) is 4.79 Å². The lowest BCUT2D eigenvalue weighted by Gasteiger charge is -2.32. The quantitative estimate of drug-likeness (QED) is 0.694. The molecule has 7 heteroatoms. The van der Waals surface area contributed by atoms with Crippen LogP contribution in [-0.2, 0) is 21.2 Å². The summed E-state index contributed by atoms with van der Waals surface area (Å²) in [5, 5.41) is 1.07. The number of aromatic amines is 1. The smallest absolute Gasteiger partial charge is 0.240 e. The minimum atomic E-state index is -3.52. The van der Waals surface area contributed by atoms with Crippen LogP contribution in [0.1, 0.15) is 18.4 Å². The van der Waals surface area contributed by atoms with E-state index >= 15 is 0 Å². The van der Waals surface area contributed by atoms with Gasteiger partial charge in [0, 0.05) is 36.2 Å². The highest BCUT2D eigenvalue weighted by molar-refractivity contribution is 7.89. The van der Waals surface area contributed by atoms with Crippen LogP contribution < -0.4 is 4.72 Å². The van der Waals surface area contributed by atoms with Crippen LogP contribution in [0.4, 0.5) is 0 Å². The van der Waals surface area contributed by atoms with Gasteiger partial charge in [-0.1, -0.05) is 36.4 Å². The number of carbonyl (C=O) groups excluding carboxylic acids is 1. The monoisotopic (exact) mass is 397 g/mol. The number of aromatic nitrogens is 1. The van der Waals surface area contributed by atoms with Gasteiger partial charge in [0.25, 0.3) is 0 Å². The molecule has 1 saturated heterocycles. The zero-order valence-corrected chi connectivity index (χ0v) is 16.3. The first-order valence-corrected chi connectivity index (χ1v) is 10.9. The number of fused-ring (bicyclic) bond motifs is 1. The summed E-state index contributed by atoms with van der Waals surface area (Å²) in [6.45, 7) is 1.12. The molecule has 0 bridgehead atoms. The van der Waals surface area contributed by atoms with E-state index in [-0.39, 0.29) is 16.8 Å². The molecular formula is C21H23N3O3S. The Hall–Kier alpha value is -2.64. The SMILES string of the molecule is O=C(Cc1c[nH]c2ccccc12)N1CCC(NS(=O)(=O)c2ccccc2)CC1. The Bertz CT molecular complexity index is 1070. The molecule has 0 atom stereocenters. The van der Waals surface area contributed by atoms with E-state index < -0.39 is 10.0 Å². The maximum atomic E-state index is 12.7. The number of likely N-dealkylation sites (tertiary alicyclic amines) is 1. The minimum absolute atomic E-state index is 0.0779. The Morgan fingerprint density at radius 2 is 1.71 bits per heavy atom. The van der Waals surface area contributed by atoms with Crippen molar-refractivity contribution >= 4 is 26.8 Å². The number of nitrogens with zero attached hydrogens (tertiary/aromatic N) is 1. The second-order valence-electron chi connectivity index (χ2n) is 7.13. The molecule has 2 N–H and O–H groups in total. The lowest BCUT2D eigenvalue weighted by Crippen LogP contribution is -2.46. The number of amides is 1. The van der Waals surface area contributed by atoms with Gasteiger partial charge in [-0.15, -0.1) is 0 Å². The average molecular weight is 398 g/mol. The zero-order valence-electron chi connectivity index (χ0n) is 15.5. The number of sulfonamides is 1.